The van der Waals surface area contributed by atoms with Crippen molar-refractivity contribution in [3.05, 3.63) is 29.8 Å². The quantitative estimate of drug-likeness (QED) is 0.270. The molecule has 0 aliphatic rings. The van der Waals surface area contributed by atoms with Crippen LogP contribution in [-0.2, 0) is 0 Å². The lowest BCUT2D eigenvalue weighted by Gasteiger charge is -2.07. The van der Waals surface area contributed by atoms with E-state index in [4.69, 9.17) is 4.74 Å². The molecule has 21 heavy (non-hydrogen) atoms. The minimum atomic E-state index is 0.0903. The molecule has 0 bridgehead atoms. The van der Waals surface area contributed by atoms with E-state index in [0.717, 1.165) is 18.8 Å². The number of hydrogen-bond acceptors (Lipinski definition) is 2. The highest BCUT2D eigenvalue weighted by atomic mass is 79.9. The van der Waals surface area contributed by atoms with Crippen molar-refractivity contribution in [2.75, 3.05) is 11.9 Å². The molecule has 0 radical (unpaired) electrons. The first kappa shape index (κ1) is 18.2. The van der Waals surface area contributed by atoms with E-state index in [1.165, 1.54) is 44.9 Å². The van der Waals surface area contributed by atoms with Crippen LogP contribution >= 0.6 is 15.9 Å². The Morgan fingerprint density at radius 1 is 1.05 bits per heavy atom. The fraction of sp³-hybridized carbons (Fsp3) is 0.611. The Morgan fingerprint density at radius 3 is 2.38 bits per heavy atom. The van der Waals surface area contributed by atoms with E-state index in [0.29, 0.717) is 10.9 Å². The van der Waals surface area contributed by atoms with Crippen molar-refractivity contribution in [1.29, 1.82) is 0 Å². The van der Waals surface area contributed by atoms with Gasteiger partial charge in [-0.2, -0.15) is 0 Å². The molecule has 0 heterocycles. The first-order chi connectivity index (χ1) is 10.3. The molecule has 0 fully saturated rings. The van der Waals surface area contributed by atoms with E-state index in [9.17, 15) is 4.79 Å². The molecule has 0 amide bonds. The summed E-state index contributed by atoms with van der Waals surface area (Å²) in [6.45, 7) is 2.98. The number of benzene rings is 1. The summed E-state index contributed by atoms with van der Waals surface area (Å²) in [7, 11) is 0. The van der Waals surface area contributed by atoms with E-state index in [-0.39, 0.29) is 5.78 Å². The maximum Gasteiger partial charge on any atom is 0.173 e. The smallest absolute Gasteiger partial charge is 0.173 e. The molecule has 0 aromatic heterocycles. The number of halogens is 1. The summed E-state index contributed by atoms with van der Waals surface area (Å²) < 4.78 is 5.72. The zero-order valence-corrected chi connectivity index (χ0v) is 14.7. The van der Waals surface area contributed by atoms with Gasteiger partial charge in [0.2, 0.25) is 0 Å². The van der Waals surface area contributed by atoms with Crippen molar-refractivity contribution in [2.24, 2.45) is 0 Å². The molecule has 0 spiro atoms. The molecule has 0 aliphatic heterocycles. The molecule has 0 saturated carbocycles. The fourth-order valence-electron chi connectivity index (χ4n) is 2.26. The standard InChI is InChI=1S/C18H27BrO2/c1-2-3-4-5-6-7-8-9-13-21-17-12-10-11-16(14-17)18(20)15-19/h10-12,14H,2-9,13,15H2,1H3. The van der Waals surface area contributed by atoms with Gasteiger partial charge >= 0.3 is 0 Å². The fourth-order valence-corrected chi connectivity index (χ4v) is 2.59. The van der Waals surface area contributed by atoms with Gasteiger partial charge in [-0.1, -0.05) is 79.9 Å². The predicted octanol–water partition coefficient (Wildman–Crippen LogP) is 5.78. The van der Waals surface area contributed by atoms with Crippen molar-refractivity contribution in [3.8, 4) is 5.75 Å². The number of carbonyl (C=O) groups excluding carboxylic acids is 1. The summed E-state index contributed by atoms with van der Waals surface area (Å²) in [6.07, 6.45) is 10.4. The first-order valence-electron chi connectivity index (χ1n) is 8.10. The summed E-state index contributed by atoms with van der Waals surface area (Å²) in [5.41, 5.74) is 0.709. The molecule has 1 aromatic carbocycles. The van der Waals surface area contributed by atoms with Gasteiger partial charge in [0.05, 0.1) is 11.9 Å². The zero-order valence-electron chi connectivity index (χ0n) is 13.1. The SMILES string of the molecule is CCCCCCCCCCOc1cccc(C(=O)CBr)c1. The molecular weight excluding hydrogens is 328 g/mol. The third-order valence-electron chi connectivity index (χ3n) is 3.54. The number of carbonyl (C=O) groups is 1. The van der Waals surface area contributed by atoms with Crippen LogP contribution in [0, 0.1) is 0 Å². The number of rotatable bonds is 12. The number of unbranched alkanes of at least 4 members (excludes halogenated alkanes) is 7. The van der Waals surface area contributed by atoms with Gasteiger partial charge in [0, 0.05) is 5.56 Å². The second kappa shape index (κ2) is 11.8. The Balaban J connectivity index is 2.11. The van der Waals surface area contributed by atoms with E-state index in [1.807, 2.05) is 24.3 Å². The van der Waals surface area contributed by atoms with Gasteiger partial charge in [0.1, 0.15) is 5.75 Å². The second-order valence-corrected chi connectivity index (χ2v) is 5.97. The average Bonchev–Trinajstić information content (AvgIpc) is 2.53. The van der Waals surface area contributed by atoms with Crippen LogP contribution in [0.5, 0.6) is 5.75 Å². The molecule has 1 aromatic rings. The van der Waals surface area contributed by atoms with Gasteiger partial charge in [-0.05, 0) is 18.6 Å². The third kappa shape index (κ3) is 8.25. The molecule has 2 nitrogen and oxygen atoms in total. The minimum absolute atomic E-state index is 0.0903. The molecule has 1 rings (SSSR count). The Kier molecular flexibility index (Phi) is 10.2. The van der Waals surface area contributed by atoms with Crippen LogP contribution in [0.15, 0.2) is 24.3 Å². The molecule has 118 valence electrons. The van der Waals surface area contributed by atoms with Crippen LogP contribution in [0.1, 0.15) is 68.6 Å². The number of hydrogen-bond donors (Lipinski definition) is 0. The monoisotopic (exact) mass is 354 g/mol. The highest BCUT2D eigenvalue weighted by molar-refractivity contribution is 9.09. The summed E-state index contributed by atoms with van der Waals surface area (Å²) in [6, 6.07) is 7.44. The molecule has 0 N–H and O–H groups in total. The van der Waals surface area contributed by atoms with Crippen LogP contribution in [0.4, 0.5) is 0 Å². The van der Waals surface area contributed by atoms with Gasteiger partial charge in [-0.25, -0.2) is 0 Å². The lowest BCUT2D eigenvalue weighted by molar-refractivity contribution is 0.102. The summed E-state index contributed by atoms with van der Waals surface area (Å²) >= 11 is 3.19. The molecule has 0 unspecified atom stereocenters. The van der Waals surface area contributed by atoms with Crippen LogP contribution in [0.2, 0.25) is 0 Å². The number of alkyl halides is 1. The number of ether oxygens (including phenoxy) is 1. The highest BCUT2D eigenvalue weighted by Crippen LogP contribution is 2.15. The van der Waals surface area contributed by atoms with E-state index >= 15 is 0 Å². The predicted molar refractivity (Wildman–Crippen MR) is 92.7 cm³/mol. The zero-order chi connectivity index (χ0) is 15.3. The van der Waals surface area contributed by atoms with Crippen LogP contribution < -0.4 is 4.74 Å². The van der Waals surface area contributed by atoms with Gasteiger partial charge < -0.3 is 4.74 Å². The summed E-state index contributed by atoms with van der Waals surface area (Å²) in [5.74, 6) is 0.886. The number of Topliss-reactive ketones (excluding diaryl/α,β-unsaturated/α-hetero) is 1. The Morgan fingerprint density at radius 2 is 1.71 bits per heavy atom. The van der Waals surface area contributed by atoms with E-state index < -0.39 is 0 Å². The van der Waals surface area contributed by atoms with Crippen molar-refractivity contribution in [3.63, 3.8) is 0 Å². The summed E-state index contributed by atoms with van der Waals surface area (Å²) in [4.78, 5) is 11.6. The Hall–Kier alpha value is -0.830. The maximum absolute atomic E-state index is 11.6. The van der Waals surface area contributed by atoms with Crippen LogP contribution in [-0.4, -0.2) is 17.7 Å². The molecular formula is C18H27BrO2. The van der Waals surface area contributed by atoms with Gasteiger partial charge in [0.25, 0.3) is 0 Å². The van der Waals surface area contributed by atoms with Crippen molar-refractivity contribution < 1.29 is 9.53 Å². The lowest BCUT2D eigenvalue weighted by atomic mass is 10.1. The third-order valence-corrected chi connectivity index (χ3v) is 4.05. The van der Waals surface area contributed by atoms with Gasteiger partial charge in [-0.15, -0.1) is 0 Å². The molecule has 0 aliphatic carbocycles. The molecule has 3 heteroatoms. The lowest BCUT2D eigenvalue weighted by Crippen LogP contribution is -2.02. The second-order valence-electron chi connectivity index (χ2n) is 5.41. The Bertz CT molecular complexity index is 404. The van der Waals surface area contributed by atoms with Crippen LogP contribution in [0.25, 0.3) is 0 Å². The summed E-state index contributed by atoms with van der Waals surface area (Å²) in [5, 5.41) is 0.356. The first-order valence-corrected chi connectivity index (χ1v) is 9.22. The normalized spacial score (nSPS) is 10.6. The van der Waals surface area contributed by atoms with Gasteiger partial charge in [0.15, 0.2) is 5.78 Å². The van der Waals surface area contributed by atoms with E-state index in [2.05, 4.69) is 22.9 Å². The van der Waals surface area contributed by atoms with Crippen molar-refractivity contribution >= 4 is 21.7 Å². The topological polar surface area (TPSA) is 26.3 Å². The average molecular weight is 355 g/mol. The van der Waals surface area contributed by atoms with Gasteiger partial charge in [-0.3, -0.25) is 4.79 Å². The van der Waals surface area contributed by atoms with E-state index in [1.54, 1.807) is 0 Å². The molecule has 0 atom stereocenters. The largest absolute Gasteiger partial charge is 0.494 e. The maximum atomic E-state index is 11.6. The molecule has 0 saturated heterocycles. The number of ketones is 1. The highest BCUT2D eigenvalue weighted by Gasteiger charge is 2.04. The Labute approximate surface area is 137 Å². The minimum Gasteiger partial charge on any atom is -0.494 e. The van der Waals surface area contributed by atoms with Crippen molar-refractivity contribution in [2.45, 2.75) is 58.3 Å². The van der Waals surface area contributed by atoms with Crippen molar-refractivity contribution in [1.82, 2.24) is 0 Å². The van der Waals surface area contributed by atoms with Crippen LogP contribution in [0.3, 0.4) is 0 Å².